The lowest BCUT2D eigenvalue weighted by Crippen LogP contribution is -2.57. The lowest BCUT2D eigenvalue weighted by Gasteiger charge is -2.43. The zero-order valence-corrected chi connectivity index (χ0v) is 20.1. The second-order valence-electron chi connectivity index (χ2n) is 7.62. The molecule has 0 saturated carbocycles. The maximum atomic E-state index is 13.7. The maximum absolute atomic E-state index is 13.7. The molecule has 1 aromatic heterocycles. The summed E-state index contributed by atoms with van der Waals surface area (Å²) < 4.78 is 66.5. The second kappa shape index (κ2) is 10.5. The van der Waals surface area contributed by atoms with Crippen LogP contribution in [0.25, 0.3) is 11.3 Å². The molecule has 2 N–H and O–H groups in total. The van der Waals surface area contributed by atoms with Gasteiger partial charge in [-0.15, -0.1) is 5.10 Å². The Bertz CT molecular complexity index is 1240. The van der Waals surface area contributed by atoms with E-state index in [0.717, 1.165) is 16.8 Å². The van der Waals surface area contributed by atoms with Gasteiger partial charge in [0.05, 0.1) is 33.6 Å². The van der Waals surface area contributed by atoms with Crippen LogP contribution in [0.4, 0.5) is 13.2 Å². The van der Waals surface area contributed by atoms with E-state index in [0.29, 0.717) is 0 Å². The Labute approximate surface area is 209 Å². The number of ether oxygens (including phenoxy) is 2. The van der Waals surface area contributed by atoms with Crippen LogP contribution in [0.3, 0.4) is 0 Å². The quantitative estimate of drug-likeness (QED) is 0.453. The average Bonchev–Trinajstić information content (AvgIpc) is 3.32. The highest BCUT2D eigenvalue weighted by atomic mass is 35.5. The lowest BCUT2D eigenvalue weighted by molar-refractivity contribution is -0.187. The molecule has 0 spiro atoms. The number of methoxy groups -OCH3 is 1. The Hall–Kier alpha value is -2.06. The van der Waals surface area contributed by atoms with Gasteiger partial charge in [-0.3, -0.25) is 4.21 Å². The third-order valence-electron chi connectivity index (χ3n) is 5.53. The molecule has 1 aliphatic rings. The fraction of sp³-hybridized carbons (Fsp3) is 0.333. The molecule has 0 radical (unpaired) electrons. The minimum Gasteiger partial charge on any atom is -0.394 e. The molecule has 0 aliphatic carbocycles. The van der Waals surface area contributed by atoms with Crippen molar-refractivity contribution < 1.29 is 37.1 Å². The molecule has 0 amide bonds. The number of hydrogen-bond acceptors (Lipinski definition) is 7. The molecule has 2 heterocycles. The number of hydrogen-bond donors (Lipinski definition) is 2. The minimum absolute atomic E-state index is 0.0287. The number of nitrogens with zero attached hydrogens (tertiary/aromatic N) is 3. The molecule has 3 aromatic rings. The highest BCUT2D eigenvalue weighted by Gasteiger charge is 2.49. The molecule has 188 valence electrons. The van der Waals surface area contributed by atoms with Gasteiger partial charge in [0.15, 0.2) is 22.9 Å². The number of rotatable bonds is 6. The van der Waals surface area contributed by atoms with Crippen LogP contribution < -0.4 is 0 Å². The Morgan fingerprint density at radius 2 is 1.86 bits per heavy atom. The van der Waals surface area contributed by atoms with E-state index in [1.807, 2.05) is 0 Å². The average molecular weight is 552 g/mol. The summed E-state index contributed by atoms with van der Waals surface area (Å²) in [5.74, 6) is -4.44. The van der Waals surface area contributed by atoms with Crippen LogP contribution in [0.15, 0.2) is 41.4 Å². The van der Waals surface area contributed by atoms with E-state index >= 15 is 0 Å². The largest absolute Gasteiger partial charge is 0.394 e. The molecule has 35 heavy (non-hydrogen) atoms. The van der Waals surface area contributed by atoms with E-state index in [2.05, 4.69) is 10.3 Å². The standard InChI is InChI=1S/C21H18Cl2F3N3O5S/c1-33-20-18(29-7-15(27-28-29)9-4-13(24)17(26)14(25)5-9)19(31)16(8-30)34-21(20)35(32)10-2-3-11(22)12(23)6-10/h2-7,16,18-21,30-31H,8H2,1H3/t16-,18+,19+,20-,21-,35?/m1/s1. The van der Waals surface area contributed by atoms with Gasteiger partial charge in [0.1, 0.15) is 30.0 Å². The first-order valence-corrected chi connectivity index (χ1v) is 12.0. The fourth-order valence-electron chi connectivity index (χ4n) is 3.78. The van der Waals surface area contributed by atoms with Gasteiger partial charge in [-0.2, -0.15) is 0 Å². The van der Waals surface area contributed by atoms with Crippen molar-refractivity contribution in [2.75, 3.05) is 13.7 Å². The van der Waals surface area contributed by atoms with Crippen molar-refractivity contribution in [3.63, 3.8) is 0 Å². The molecule has 14 heteroatoms. The van der Waals surface area contributed by atoms with Crippen molar-refractivity contribution in [2.24, 2.45) is 0 Å². The van der Waals surface area contributed by atoms with Crippen LogP contribution in [0.2, 0.25) is 10.0 Å². The second-order valence-corrected chi connectivity index (χ2v) is 9.96. The summed E-state index contributed by atoms with van der Waals surface area (Å²) in [5, 5.41) is 28.9. The van der Waals surface area contributed by atoms with E-state index in [9.17, 15) is 27.6 Å². The van der Waals surface area contributed by atoms with E-state index in [4.69, 9.17) is 32.7 Å². The Morgan fingerprint density at radius 3 is 2.46 bits per heavy atom. The van der Waals surface area contributed by atoms with Crippen LogP contribution >= 0.6 is 23.2 Å². The summed E-state index contributed by atoms with van der Waals surface area (Å²) in [6, 6.07) is 4.76. The zero-order chi connectivity index (χ0) is 25.4. The third kappa shape index (κ3) is 4.96. The number of aliphatic hydroxyl groups is 2. The molecular formula is C21H18Cl2F3N3O5S. The molecule has 4 rings (SSSR count). The van der Waals surface area contributed by atoms with Crippen molar-refractivity contribution in [3.05, 3.63) is 64.0 Å². The van der Waals surface area contributed by atoms with Crippen molar-refractivity contribution in [1.29, 1.82) is 0 Å². The number of aromatic nitrogens is 3. The first-order valence-electron chi connectivity index (χ1n) is 10.1. The SMILES string of the molecule is CO[C@@H]1[C@@H](n2cc(-c3cc(F)c(F)c(F)c3)nn2)[C@@H](O)[C@@H](CO)O[C@@H]1S(=O)c1ccc(Cl)c(Cl)c1. The van der Waals surface area contributed by atoms with Gasteiger partial charge in [0.2, 0.25) is 0 Å². The summed E-state index contributed by atoms with van der Waals surface area (Å²) in [4.78, 5) is 0.259. The highest BCUT2D eigenvalue weighted by molar-refractivity contribution is 7.85. The smallest absolute Gasteiger partial charge is 0.194 e. The molecule has 1 saturated heterocycles. The molecule has 1 fully saturated rings. The lowest BCUT2D eigenvalue weighted by atomic mass is 9.97. The molecule has 0 bridgehead atoms. The molecular weight excluding hydrogens is 534 g/mol. The summed E-state index contributed by atoms with van der Waals surface area (Å²) in [7, 11) is -0.603. The number of halogens is 5. The van der Waals surface area contributed by atoms with Gasteiger partial charge < -0.3 is 19.7 Å². The van der Waals surface area contributed by atoms with Gasteiger partial charge in [-0.25, -0.2) is 17.9 Å². The van der Waals surface area contributed by atoms with Crippen LogP contribution in [0.1, 0.15) is 6.04 Å². The van der Waals surface area contributed by atoms with E-state index in [-0.39, 0.29) is 26.2 Å². The van der Waals surface area contributed by atoms with Crippen LogP contribution in [-0.4, -0.2) is 66.9 Å². The van der Waals surface area contributed by atoms with Gasteiger partial charge >= 0.3 is 0 Å². The summed E-state index contributed by atoms with van der Waals surface area (Å²) in [6.45, 7) is -0.626. The van der Waals surface area contributed by atoms with Gasteiger partial charge in [-0.1, -0.05) is 28.4 Å². The molecule has 8 nitrogen and oxygen atoms in total. The number of benzene rings is 2. The first-order chi connectivity index (χ1) is 16.7. The van der Waals surface area contributed by atoms with Crippen LogP contribution in [0.5, 0.6) is 0 Å². The van der Waals surface area contributed by atoms with Crippen molar-refractivity contribution >= 4 is 34.0 Å². The van der Waals surface area contributed by atoms with Crippen molar-refractivity contribution in [3.8, 4) is 11.3 Å². The van der Waals surface area contributed by atoms with Gasteiger partial charge in [-0.05, 0) is 30.3 Å². The molecule has 6 atom stereocenters. The minimum atomic E-state index is -1.90. The predicted molar refractivity (Wildman–Crippen MR) is 120 cm³/mol. The van der Waals surface area contributed by atoms with E-state index in [1.165, 1.54) is 31.5 Å². The monoisotopic (exact) mass is 551 g/mol. The topological polar surface area (TPSA) is 107 Å². The third-order valence-corrected chi connectivity index (χ3v) is 7.79. The fourth-order valence-corrected chi connectivity index (χ4v) is 5.61. The number of aliphatic hydroxyl groups excluding tert-OH is 2. The molecule has 1 aliphatic heterocycles. The Morgan fingerprint density at radius 1 is 1.17 bits per heavy atom. The van der Waals surface area contributed by atoms with E-state index < -0.39 is 64.6 Å². The predicted octanol–water partition coefficient (Wildman–Crippen LogP) is 3.11. The van der Waals surface area contributed by atoms with E-state index in [1.54, 1.807) is 0 Å². The summed E-state index contributed by atoms with van der Waals surface area (Å²) in [6.07, 6.45) is -2.41. The van der Waals surface area contributed by atoms with Crippen molar-refractivity contribution in [2.45, 2.75) is 34.7 Å². The molecule has 1 unspecified atom stereocenters. The zero-order valence-electron chi connectivity index (χ0n) is 17.8. The first kappa shape index (κ1) is 26.0. The molecule has 2 aromatic carbocycles. The van der Waals surface area contributed by atoms with Gasteiger partial charge in [0, 0.05) is 17.6 Å². The van der Waals surface area contributed by atoms with Crippen molar-refractivity contribution in [1.82, 2.24) is 15.0 Å². The highest BCUT2D eigenvalue weighted by Crippen LogP contribution is 2.36. The summed E-state index contributed by atoms with van der Waals surface area (Å²) in [5.41, 5.74) is -1.33. The van der Waals surface area contributed by atoms with Gasteiger partial charge in [0.25, 0.3) is 0 Å². The normalized spacial score (nSPS) is 25.5. The maximum Gasteiger partial charge on any atom is 0.194 e. The Balaban J connectivity index is 1.72. The van der Waals surface area contributed by atoms with Crippen LogP contribution in [0, 0.1) is 17.5 Å². The Kier molecular flexibility index (Phi) is 7.81. The summed E-state index contributed by atoms with van der Waals surface area (Å²) >= 11 is 12.0. The van der Waals surface area contributed by atoms with Crippen LogP contribution in [-0.2, 0) is 20.3 Å².